The first-order valence-corrected chi connectivity index (χ1v) is 11.4. The quantitative estimate of drug-likeness (QED) is 0.378. The van der Waals surface area contributed by atoms with Crippen molar-refractivity contribution in [3.8, 4) is 16.8 Å². The highest BCUT2D eigenvalue weighted by molar-refractivity contribution is 5.95. The Morgan fingerprint density at radius 3 is 2.59 bits per heavy atom. The third kappa shape index (κ3) is 4.22. The lowest BCUT2D eigenvalue weighted by atomic mass is 10.0. The van der Waals surface area contributed by atoms with E-state index in [0.29, 0.717) is 5.65 Å². The van der Waals surface area contributed by atoms with Gasteiger partial charge in [-0.05, 0) is 67.8 Å². The molecule has 1 atom stereocenters. The molecule has 6 nitrogen and oxygen atoms in total. The molecule has 0 saturated carbocycles. The topological polar surface area (TPSA) is 64.7 Å². The summed E-state index contributed by atoms with van der Waals surface area (Å²) in [6.45, 7) is 6.15. The molecule has 3 heterocycles. The molecular weight excluding hydrogens is 422 g/mol. The van der Waals surface area contributed by atoms with Crippen LogP contribution in [0.25, 0.3) is 27.8 Å². The minimum absolute atomic E-state index is 0.106. The van der Waals surface area contributed by atoms with Gasteiger partial charge in [0.25, 0.3) is 0 Å². The smallest absolute Gasteiger partial charge is 0.242 e. The largest absolute Gasteiger partial charge is 0.348 e. The molecule has 0 spiro atoms. The van der Waals surface area contributed by atoms with Crippen molar-refractivity contribution in [1.29, 1.82) is 0 Å². The Morgan fingerprint density at radius 1 is 1.00 bits per heavy atom. The van der Waals surface area contributed by atoms with Crippen molar-refractivity contribution in [3.05, 3.63) is 102 Å². The number of aryl methyl sites for hydroxylation is 2. The second-order valence-electron chi connectivity index (χ2n) is 8.64. The van der Waals surface area contributed by atoms with Crippen LogP contribution < -0.4 is 5.32 Å². The number of amides is 1. The van der Waals surface area contributed by atoms with Crippen molar-refractivity contribution < 1.29 is 4.79 Å². The number of carbonyl (C=O) groups excluding carboxylic acids is 1. The molecule has 5 aromatic rings. The number of hydrogen-bond acceptors (Lipinski definition) is 3. The number of aromatic nitrogens is 4. The molecule has 0 bridgehead atoms. The molecule has 3 aromatic heterocycles. The van der Waals surface area contributed by atoms with Gasteiger partial charge >= 0.3 is 0 Å². The molecule has 0 radical (unpaired) electrons. The van der Waals surface area contributed by atoms with Crippen molar-refractivity contribution in [1.82, 2.24) is 24.6 Å². The monoisotopic (exact) mass is 449 g/mol. The molecule has 0 aliphatic heterocycles. The van der Waals surface area contributed by atoms with E-state index in [1.165, 1.54) is 5.56 Å². The molecule has 170 valence electrons. The molecule has 1 unspecified atom stereocenters. The first-order valence-electron chi connectivity index (χ1n) is 11.4. The van der Waals surface area contributed by atoms with Crippen LogP contribution in [0.2, 0.25) is 0 Å². The van der Waals surface area contributed by atoms with Crippen molar-refractivity contribution in [2.45, 2.75) is 33.4 Å². The summed E-state index contributed by atoms with van der Waals surface area (Å²) in [5, 5.41) is 8.74. The van der Waals surface area contributed by atoms with E-state index in [-0.39, 0.29) is 18.5 Å². The van der Waals surface area contributed by atoms with Crippen LogP contribution in [-0.2, 0) is 11.3 Å². The maximum Gasteiger partial charge on any atom is 0.242 e. The molecule has 2 aromatic carbocycles. The molecule has 6 heteroatoms. The van der Waals surface area contributed by atoms with E-state index in [2.05, 4.69) is 52.7 Å². The van der Waals surface area contributed by atoms with Crippen LogP contribution in [0, 0.1) is 13.8 Å². The molecule has 0 aliphatic rings. The number of carbonyl (C=O) groups is 1. The lowest BCUT2D eigenvalue weighted by Crippen LogP contribution is -2.30. The van der Waals surface area contributed by atoms with Crippen LogP contribution in [0.4, 0.5) is 0 Å². The minimum atomic E-state index is -0.137. The van der Waals surface area contributed by atoms with Gasteiger partial charge in [-0.25, -0.2) is 9.67 Å². The predicted molar refractivity (Wildman–Crippen MR) is 135 cm³/mol. The molecule has 1 amide bonds. The van der Waals surface area contributed by atoms with E-state index in [1.54, 1.807) is 10.9 Å². The fourth-order valence-corrected chi connectivity index (χ4v) is 4.41. The Bertz CT molecular complexity index is 1470. The summed E-state index contributed by atoms with van der Waals surface area (Å²) in [5.41, 5.74) is 7.07. The summed E-state index contributed by atoms with van der Waals surface area (Å²) < 4.78 is 3.75. The van der Waals surface area contributed by atoms with E-state index in [0.717, 1.165) is 33.5 Å². The Kier molecular flexibility index (Phi) is 5.72. The minimum Gasteiger partial charge on any atom is -0.348 e. The number of fused-ring (bicyclic) bond motifs is 1. The molecular formula is C28H27N5O. The van der Waals surface area contributed by atoms with Gasteiger partial charge in [-0.3, -0.25) is 4.79 Å². The van der Waals surface area contributed by atoms with E-state index in [4.69, 9.17) is 0 Å². The van der Waals surface area contributed by atoms with Crippen LogP contribution >= 0.6 is 0 Å². The van der Waals surface area contributed by atoms with Crippen LogP contribution in [0.1, 0.15) is 29.8 Å². The first kappa shape index (κ1) is 21.6. The normalized spacial score (nSPS) is 12.1. The van der Waals surface area contributed by atoms with Crippen molar-refractivity contribution in [2.24, 2.45) is 0 Å². The molecule has 5 rings (SSSR count). The van der Waals surface area contributed by atoms with Crippen LogP contribution in [0.5, 0.6) is 0 Å². The summed E-state index contributed by atoms with van der Waals surface area (Å²) in [4.78, 5) is 17.5. The van der Waals surface area contributed by atoms with Gasteiger partial charge in [-0.15, -0.1) is 0 Å². The zero-order chi connectivity index (χ0) is 23.7. The van der Waals surface area contributed by atoms with Gasteiger partial charge in [0, 0.05) is 29.7 Å². The maximum absolute atomic E-state index is 13.0. The highest BCUT2D eigenvalue weighted by Crippen LogP contribution is 2.30. The van der Waals surface area contributed by atoms with Gasteiger partial charge < -0.3 is 9.88 Å². The van der Waals surface area contributed by atoms with Crippen molar-refractivity contribution >= 4 is 16.9 Å². The SMILES string of the molecule is Cc1cccc(-c2ccnc3c2c(C)nn3CC(=O)NC(C)c2cccc(-n3cccc3)c2)c1. The molecule has 0 aliphatic carbocycles. The van der Waals surface area contributed by atoms with Gasteiger partial charge in [-0.1, -0.05) is 42.0 Å². The number of pyridine rings is 1. The Labute approximate surface area is 198 Å². The van der Waals surface area contributed by atoms with Gasteiger partial charge in [0.05, 0.1) is 11.7 Å². The predicted octanol–water partition coefficient (Wildman–Crippen LogP) is 5.38. The average molecular weight is 450 g/mol. The fraction of sp³-hybridized carbons (Fsp3) is 0.179. The third-order valence-electron chi connectivity index (χ3n) is 6.08. The third-order valence-corrected chi connectivity index (χ3v) is 6.08. The highest BCUT2D eigenvalue weighted by atomic mass is 16.2. The summed E-state index contributed by atoms with van der Waals surface area (Å²) in [7, 11) is 0. The van der Waals surface area contributed by atoms with E-state index < -0.39 is 0 Å². The van der Waals surface area contributed by atoms with Gasteiger partial charge in [0.1, 0.15) is 6.54 Å². The molecule has 0 saturated heterocycles. The first-order chi connectivity index (χ1) is 16.5. The van der Waals surface area contributed by atoms with Gasteiger partial charge in [-0.2, -0.15) is 5.10 Å². The summed E-state index contributed by atoms with van der Waals surface area (Å²) >= 11 is 0. The lowest BCUT2D eigenvalue weighted by molar-refractivity contribution is -0.122. The van der Waals surface area contributed by atoms with E-state index in [9.17, 15) is 4.79 Å². The number of nitrogens with one attached hydrogen (secondary N) is 1. The van der Waals surface area contributed by atoms with Crippen LogP contribution in [0.3, 0.4) is 0 Å². The Hall–Kier alpha value is -4.19. The number of benzene rings is 2. The maximum atomic E-state index is 13.0. The summed E-state index contributed by atoms with van der Waals surface area (Å²) in [6.07, 6.45) is 5.79. The van der Waals surface area contributed by atoms with Crippen molar-refractivity contribution in [2.75, 3.05) is 0 Å². The van der Waals surface area contributed by atoms with E-state index >= 15 is 0 Å². The molecule has 0 fully saturated rings. The zero-order valence-electron chi connectivity index (χ0n) is 19.6. The summed E-state index contributed by atoms with van der Waals surface area (Å²) in [5.74, 6) is -0.106. The Morgan fingerprint density at radius 2 is 1.79 bits per heavy atom. The average Bonchev–Trinajstić information content (AvgIpc) is 3.48. The van der Waals surface area contributed by atoms with Crippen molar-refractivity contribution in [3.63, 3.8) is 0 Å². The number of nitrogens with zero attached hydrogens (tertiary/aromatic N) is 4. The van der Waals surface area contributed by atoms with Gasteiger partial charge in [0.15, 0.2) is 5.65 Å². The number of hydrogen-bond donors (Lipinski definition) is 1. The second kappa shape index (κ2) is 8.98. The molecule has 1 N–H and O–H groups in total. The highest BCUT2D eigenvalue weighted by Gasteiger charge is 2.17. The zero-order valence-corrected chi connectivity index (χ0v) is 19.6. The number of rotatable bonds is 6. The standard InChI is InChI=1S/C28H27N5O/c1-19-8-6-10-23(16-19)25-12-13-29-28-27(25)21(3)31-33(28)18-26(34)30-20(2)22-9-7-11-24(17-22)32-14-4-5-15-32/h4-17,20H,18H2,1-3H3,(H,30,34). The second-order valence-corrected chi connectivity index (χ2v) is 8.64. The van der Waals surface area contributed by atoms with Gasteiger partial charge in [0.2, 0.25) is 5.91 Å². The lowest BCUT2D eigenvalue weighted by Gasteiger charge is -2.16. The van der Waals surface area contributed by atoms with Crippen LogP contribution in [0.15, 0.2) is 85.3 Å². The Balaban J connectivity index is 1.37. The van der Waals surface area contributed by atoms with E-state index in [1.807, 2.05) is 67.2 Å². The van der Waals surface area contributed by atoms with Crippen LogP contribution in [-0.4, -0.2) is 25.2 Å². The fourth-order valence-electron chi connectivity index (χ4n) is 4.41. The molecule has 34 heavy (non-hydrogen) atoms. The summed E-state index contributed by atoms with van der Waals surface area (Å²) in [6, 6.07) is 22.4.